The average Bonchev–Trinajstić information content (AvgIpc) is 3.05. The normalized spacial score (nSPS) is 16.8. The highest BCUT2D eigenvalue weighted by atomic mass is 31.1. The lowest BCUT2D eigenvalue weighted by molar-refractivity contribution is 0.417. The first-order valence-electron chi connectivity index (χ1n) is 16.2. The van der Waals surface area contributed by atoms with Crippen LogP contribution in [-0.2, 0) is 0 Å². The quantitative estimate of drug-likeness (QED) is 0.185. The summed E-state index contributed by atoms with van der Waals surface area (Å²) in [6.07, 6.45) is 13.9. The Morgan fingerprint density at radius 1 is 0.548 bits per heavy atom. The Bertz CT molecular complexity index is 1690. The molecule has 7 rings (SSSR count). The number of rotatable bonds is 6. The van der Waals surface area contributed by atoms with Crippen LogP contribution in [-0.4, -0.2) is 18.4 Å². The molecule has 2 fully saturated rings. The van der Waals surface area contributed by atoms with Gasteiger partial charge < -0.3 is 4.74 Å². The maximum Gasteiger partial charge on any atom is 0.127 e. The first kappa shape index (κ1) is 27.7. The fourth-order valence-corrected chi connectivity index (χ4v) is 12.1. The van der Waals surface area contributed by atoms with Crippen LogP contribution in [0.25, 0.3) is 43.8 Å². The van der Waals surface area contributed by atoms with E-state index in [9.17, 15) is 0 Å². The van der Waals surface area contributed by atoms with Gasteiger partial charge in [0.25, 0.3) is 0 Å². The van der Waals surface area contributed by atoms with Crippen LogP contribution < -0.4 is 10.0 Å². The summed E-state index contributed by atoms with van der Waals surface area (Å²) in [5.74, 6) is 0.990. The lowest BCUT2D eigenvalue weighted by Gasteiger charge is -2.41. The lowest BCUT2D eigenvalue weighted by Crippen LogP contribution is -2.28. The third-order valence-electron chi connectivity index (χ3n) is 10.0. The maximum atomic E-state index is 6.18. The summed E-state index contributed by atoms with van der Waals surface area (Å²) >= 11 is 0. The Morgan fingerprint density at radius 2 is 1.07 bits per heavy atom. The van der Waals surface area contributed by atoms with Crippen molar-refractivity contribution in [2.75, 3.05) is 7.11 Å². The van der Waals surface area contributed by atoms with Gasteiger partial charge in [-0.1, -0.05) is 131 Å². The first-order chi connectivity index (χ1) is 20.7. The van der Waals surface area contributed by atoms with Gasteiger partial charge in [0, 0.05) is 5.56 Å². The van der Waals surface area contributed by atoms with Crippen molar-refractivity contribution < 1.29 is 4.74 Å². The van der Waals surface area contributed by atoms with Gasteiger partial charge in [0.2, 0.25) is 0 Å². The van der Waals surface area contributed by atoms with Crippen molar-refractivity contribution in [3.05, 3.63) is 96.6 Å². The zero-order valence-electron chi connectivity index (χ0n) is 25.2. The summed E-state index contributed by atoms with van der Waals surface area (Å²) in [6, 6.07) is 34.2. The van der Waals surface area contributed by atoms with Gasteiger partial charge in [-0.3, -0.25) is 0 Å². The molecule has 2 saturated carbocycles. The van der Waals surface area contributed by atoms with E-state index in [1.807, 2.05) is 7.11 Å². The van der Waals surface area contributed by atoms with Crippen LogP contribution >= 0.6 is 7.92 Å². The monoisotopic (exact) mass is 570 g/mol. The Labute approximate surface area is 253 Å². The molecule has 0 aliphatic heterocycles. The summed E-state index contributed by atoms with van der Waals surface area (Å²) in [4.78, 5) is 0. The molecule has 0 radical (unpaired) electrons. The SMILES string of the molecule is COc1ccc2ccccc2c1-c1cccc(-c2c(C)ccc3ccccc23)c1P(C1CCCCC1)C1CCCCC1. The molecule has 42 heavy (non-hydrogen) atoms. The smallest absolute Gasteiger partial charge is 0.127 e. The van der Waals surface area contributed by atoms with Gasteiger partial charge in [-0.25, -0.2) is 0 Å². The number of hydrogen-bond donors (Lipinski definition) is 0. The van der Waals surface area contributed by atoms with Crippen molar-refractivity contribution in [2.45, 2.75) is 82.4 Å². The summed E-state index contributed by atoms with van der Waals surface area (Å²) in [5.41, 5.74) is 8.57. The highest BCUT2D eigenvalue weighted by Crippen LogP contribution is 2.58. The number of aryl methyl sites for hydroxylation is 1. The number of fused-ring (bicyclic) bond motifs is 2. The Kier molecular flexibility index (Phi) is 8.05. The Hall–Kier alpha value is -3.15. The van der Waals surface area contributed by atoms with Crippen LogP contribution in [0, 0.1) is 6.92 Å². The van der Waals surface area contributed by atoms with Crippen LogP contribution in [0.5, 0.6) is 5.75 Å². The summed E-state index contributed by atoms with van der Waals surface area (Å²) in [5, 5.41) is 6.94. The van der Waals surface area contributed by atoms with Crippen LogP contribution in [0.2, 0.25) is 0 Å². The lowest BCUT2D eigenvalue weighted by atomic mass is 9.90. The van der Waals surface area contributed by atoms with E-state index in [0.717, 1.165) is 17.1 Å². The summed E-state index contributed by atoms with van der Waals surface area (Å²) in [6.45, 7) is 2.32. The molecule has 0 spiro atoms. The van der Waals surface area contributed by atoms with E-state index < -0.39 is 0 Å². The van der Waals surface area contributed by atoms with Gasteiger partial charge >= 0.3 is 0 Å². The largest absolute Gasteiger partial charge is 0.496 e. The second-order valence-corrected chi connectivity index (χ2v) is 15.3. The molecule has 2 aliphatic carbocycles. The zero-order chi connectivity index (χ0) is 28.5. The molecule has 5 aromatic rings. The van der Waals surface area contributed by atoms with Gasteiger partial charge in [0.1, 0.15) is 5.75 Å². The zero-order valence-corrected chi connectivity index (χ0v) is 26.1. The number of methoxy groups -OCH3 is 1. The Morgan fingerprint density at radius 3 is 1.67 bits per heavy atom. The number of ether oxygens (including phenoxy) is 1. The van der Waals surface area contributed by atoms with Crippen molar-refractivity contribution in [2.24, 2.45) is 0 Å². The van der Waals surface area contributed by atoms with Gasteiger partial charge in [-0.05, 0) is 99.1 Å². The van der Waals surface area contributed by atoms with Crippen LogP contribution in [0.3, 0.4) is 0 Å². The summed E-state index contributed by atoms with van der Waals surface area (Å²) in [7, 11) is 1.47. The average molecular weight is 571 g/mol. The van der Waals surface area contributed by atoms with E-state index in [1.165, 1.54) is 114 Å². The van der Waals surface area contributed by atoms with Gasteiger partial charge in [-0.15, -0.1) is 0 Å². The van der Waals surface area contributed by atoms with Gasteiger partial charge in [0.15, 0.2) is 0 Å². The van der Waals surface area contributed by atoms with Gasteiger partial charge in [-0.2, -0.15) is 0 Å². The van der Waals surface area contributed by atoms with Crippen molar-refractivity contribution in [3.63, 3.8) is 0 Å². The van der Waals surface area contributed by atoms with E-state index in [2.05, 4.69) is 97.9 Å². The predicted molar refractivity (Wildman–Crippen MR) is 184 cm³/mol. The molecule has 2 aliphatic rings. The van der Waals surface area contributed by atoms with E-state index in [-0.39, 0.29) is 7.92 Å². The highest BCUT2D eigenvalue weighted by Gasteiger charge is 2.36. The number of hydrogen-bond acceptors (Lipinski definition) is 1. The third kappa shape index (κ3) is 5.05. The number of benzene rings is 5. The minimum atomic E-state index is -0.377. The van der Waals surface area contributed by atoms with Crippen molar-refractivity contribution in [1.29, 1.82) is 0 Å². The molecular formula is C40H43OP. The molecule has 0 bridgehead atoms. The second-order valence-electron chi connectivity index (χ2n) is 12.5. The second kappa shape index (κ2) is 12.2. The molecule has 0 atom stereocenters. The van der Waals surface area contributed by atoms with Crippen LogP contribution in [0.1, 0.15) is 69.8 Å². The van der Waals surface area contributed by atoms with E-state index in [1.54, 1.807) is 5.30 Å². The first-order valence-corrected chi connectivity index (χ1v) is 17.7. The highest BCUT2D eigenvalue weighted by molar-refractivity contribution is 7.67. The molecule has 0 unspecified atom stereocenters. The van der Waals surface area contributed by atoms with Crippen molar-refractivity contribution >= 4 is 34.8 Å². The van der Waals surface area contributed by atoms with E-state index in [0.29, 0.717) is 0 Å². The summed E-state index contributed by atoms with van der Waals surface area (Å²) < 4.78 is 6.18. The molecule has 0 heterocycles. The molecule has 214 valence electrons. The van der Waals surface area contributed by atoms with E-state index >= 15 is 0 Å². The molecule has 0 N–H and O–H groups in total. The minimum Gasteiger partial charge on any atom is -0.496 e. The minimum absolute atomic E-state index is 0.377. The molecular weight excluding hydrogens is 527 g/mol. The van der Waals surface area contributed by atoms with Crippen molar-refractivity contribution in [1.82, 2.24) is 0 Å². The topological polar surface area (TPSA) is 9.23 Å². The molecule has 0 aromatic heterocycles. The third-order valence-corrected chi connectivity index (χ3v) is 13.6. The molecule has 5 aromatic carbocycles. The Balaban J connectivity index is 1.59. The predicted octanol–water partition coefficient (Wildman–Crippen LogP) is 11.4. The molecule has 0 saturated heterocycles. The van der Waals surface area contributed by atoms with Gasteiger partial charge in [0.05, 0.1) is 7.11 Å². The van der Waals surface area contributed by atoms with Crippen molar-refractivity contribution in [3.8, 4) is 28.0 Å². The van der Waals surface area contributed by atoms with Crippen LogP contribution in [0.4, 0.5) is 0 Å². The fourth-order valence-electron chi connectivity index (χ4n) is 8.04. The molecule has 1 nitrogen and oxygen atoms in total. The van der Waals surface area contributed by atoms with Crippen LogP contribution in [0.15, 0.2) is 91.0 Å². The molecule has 2 heteroatoms. The standard InChI is InChI=1S/C40H43OP/c1-28-24-25-29-14-9-11-20-33(29)38(28)35-22-13-23-36(39-34-21-12-10-15-30(34)26-27-37(39)41-2)40(35)42(31-16-5-3-6-17-31)32-18-7-4-8-19-32/h9-15,20-27,31-32H,3-8,16-19H2,1-2H3. The van der Waals surface area contributed by atoms with E-state index in [4.69, 9.17) is 4.74 Å². The maximum absolute atomic E-state index is 6.18. The fraction of sp³-hybridized carbons (Fsp3) is 0.350. The molecule has 0 amide bonds.